The fourth-order valence-corrected chi connectivity index (χ4v) is 1.35. The molecule has 19 heavy (non-hydrogen) atoms. The number of nitro benzene ring substituents is 1. The largest absolute Gasteiger partial charge is 0.482 e. The maximum atomic E-state index is 11.2. The number of ether oxygens (including phenoxy) is 2. The van der Waals surface area contributed by atoms with Gasteiger partial charge in [-0.25, -0.2) is 4.79 Å². The molecule has 1 aromatic carbocycles. The van der Waals surface area contributed by atoms with Crippen LogP contribution in [-0.4, -0.2) is 24.1 Å². The van der Waals surface area contributed by atoms with Crippen LogP contribution in [0.1, 0.15) is 13.8 Å². The van der Waals surface area contributed by atoms with Crippen molar-refractivity contribution in [2.75, 3.05) is 13.2 Å². The van der Waals surface area contributed by atoms with E-state index in [2.05, 4.69) is 0 Å². The summed E-state index contributed by atoms with van der Waals surface area (Å²) in [6, 6.07) is 6.08. The van der Waals surface area contributed by atoms with Crippen molar-refractivity contribution in [1.29, 1.82) is 0 Å². The van der Waals surface area contributed by atoms with Crippen LogP contribution in [0.3, 0.4) is 0 Å². The van der Waals surface area contributed by atoms with Crippen molar-refractivity contribution in [3.63, 3.8) is 0 Å². The average Bonchev–Trinajstić information content (AvgIpc) is 2.36. The molecule has 0 saturated carbocycles. The monoisotopic (exact) mass is 265 g/mol. The van der Waals surface area contributed by atoms with Gasteiger partial charge in [-0.05, 0) is 25.5 Å². The van der Waals surface area contributed by atoms with Crippen molar-refractivity contribution in [1.82, 2.24) is 0 Å². The van der Waals surface area contributed by atoms with Crippen LogP contribution in [-0.2, 0) is 9.53 Å². The summed E-state index contributed by atoms with van der Waals surface area (Å²) in [5.74, 6) is -0.282. The molecule has 0 N–H and O–H groups in total. The Morgan fingerprint density at radius 3 is 2.74 bits per heavy atom. The van der Waals surface area contributed by atoms with Gasteiger partial charge < -0.3 is 9.47 Å². The highest BCUT2D eigenvalue weighted by molar-refractivity contribution is 5.82. The molecule has 0 aliphatic heterocycles. The fraction of sp³-hybridized carbons (Fsp3) is 0.308. The molecular weight excluding hydrogens is 250 g/mol. The number of benzene rings is 1. The standard InChI is InChI=1S/C13H15NO5/c1-3-18-13(15)8-10(2)9-19-12-7-5-4-6-11(12)14(16)17/h4-8H,3,9H2,1-2H3/b10-8+. The maximum Gasteiger partial charge on any atom is 0.330 e. The topological polar surface area (TPSA) is 78.7 Å². The quantitative estimate of drug-likeness (QED) is 0.341. The van der Waals surface area contributed by atoms with E-state index >= 15 is 0 Å². The molecule has 6 heteroatoms. The number of hydrogen-bond donors (Lipinski definition) is 0. The van der Waals surface area contributed by atoms with E-state index in [9.17, 15) is 14.9 Å². The molecule has 0 heterocycles. The molecule has 0 aliphatic rings. The minimum absolute atomic E-state index is 0.0870. The zero-order chi connectivity index (χ0) is 14.3. The van der Waals surface area contributed by atoms with E-state index in [1.54, 1.807) is 26.0 Å². The highest BCUT2D eigenvalue weighted by Crippen LogP contribution is 2.26. The first-order valence-corrected chi connectivity index (χ1v) is 5.74. The Hall–Kier alpha value is -2.37. The summed E-state index contributed by atoms with van der Waals surface area (Å²) in [7, 11) is 0. The number of carbonyl (C=O) groups excluding carboxylic acids is 1. The van der Waals surface area contributed by atoms with Gasteiger partial charge in [0.05, 0.1) is 11.5 Å². The van der Waals surface area contributed by atoms with Gasteiger partial charge in [-0.1, -0.05) is 12.1 Å². The Labute approximate surface area is 110 Å². The fourth-order valence-electron chi connectivity index (χ4n) is 1.35. The molecule has 0 saturated heterocycles. The second-order valence-electron chi connectivity index (χ2n) is 3.76. The number of carbonyl (C=O) groups is 1. The predicted molar refractivity (Wildman–Crippen MR) is 69.0 cm³/mol. The molecule has 0 amide bonds. The molecule has 1 aromatic rings. The third-order valence-electron chi connectivity index (χ3n) is 2.17. The Balaban J connectivity index is 2.67. The molecule has 0 fully saturated rings. The van der Waals surface area contributed by atoms with Crippen LogP contribution in [0.15, 0.2) is 35.9 Å². The van der Waals surface area contributed by atoms with E-state index < -0.39 is 10.9 Å². The lowest BCUT2D eigenvalue weighted by Crippen LogP contribution is -2.05. The highest BCUT2D eigenvalue weighted by Gasteiger charge is 2.13. The number of esters is 1. The van der Waals surface area contributed by atoms with Crippen molar-refractivity contribution in [3.05, 3.63) is 46.0 Å². The number of rotatable bonds is 6. The van der Waals surface area contributed by atoms with Crippen LogP contribution >= 0.6 is 0 Å². The van der Waals surface area contributed by atoms with Gasteiger partial charge in [-0.3, -0.25) is 10.1 Å². The second-order valence-corrected chi connectivity index (χ2v) is 3.76. The van der Waals surface area contributed by atoms with E-state index in [1.807, 2.05) is 0 Å². The molecule has 1 rings (SSSR count). The van der Waals surface area contributed by atoms with Crippen LogP contribution in [0, 0.1) is 10.1 Å². The van der Waals surface area contributed by atoms with E-state index in [0.717, 1.165) is 0 Å². The maximum absolute atomic E-state index is 11.2. The summed E-state index contributed by atoms with van der Waals surface area (Å²) in [6.07, 6.45) is 1.30. The van der Waals surface area contributed by atoms with Gasteiger partial charge in [0.2, 0.25) is 0 Å². The van der Waals surface area contributed by atoms with Crippen LogP contribution < -0.4 is 4.74 Å². The Kier molecular flexibility index (Phi) is 5.53. The number of para-hydroxylation sites is 2. The van der Waals surface area contributed by atoms with Gasteiger partial charge in [-0.15, -0.1) is 0 Å². The van der Waals surface area contributed by atoms with E-state index in [1.165, 1.54) is 18.2 Å². The number of nitrogens with zero attached hydrogens (tertiary/aromatic N) is 1. The number of nitro groups is 1. The molecular formula is C13H15NO5. The normalized spacial score (nSPS) is 10.9. The first-order chi connectivity index (χ1) is 9.04. The van der Waals surface area contributed by atoms with E-state index in [-0.39, 0.29) is 18.0 Å². The first-order valence-electron chi connectivity index (χ1n) is 5.74. The van der Waals surface area contributed by atoms with Crippen molar-refractivity contribution in [3.8, 4) is 5.75 Å². The summed E-state index contributed by atoms with van der Waals surface area (Å²) in [5.41, 5.74) is 0.517. The zero-order valence-corrected chi connectivity index (χ0v) is 10.8. The first kappa shape index (κ1) is 14.7. The summed E-state index contributed by atoms with van der Waals surface area (Å²) in [6.45, 7) is 3.79. The van der Waals surface area contributed by atoms with Crippen molar-refractivity contribution < 1.29 is 19.2 Å². The Bertz CT molecular complexity index is 496. The van der Waals surface area contributed by atoms with Gasteiger partial charge in [0.25, 0.3) is 0 Å². The molecule has 102 valence electrons. The van der Waals surface area contributed by atoms with Crippen molar-refractivity contribution in [2.24, 2.45) is 0 Å². The molecule has 0 atom stereocenters. The summed E-state index contributed by atoms with van der Waals surface area (Å²) >= 11 is 0. The van der Waals surface area contributed by atoms with Crippen LogP contribution in [0.25, 0.3) is 0 Å². The van der Waals surface area contributed by atoms with Crippen LogP contribution in [0.4, 0.5) is 5.69 Å². The lowest BCUT2D eigenvalue weighted by atomic mass is 10.3. The van der Waals surface area contributed by atoms with Gasteiger partial charge in [0, 0.05) is 12.1 Å². The lowest BCUT2D eigenvalue weighted by molar-refractivity contribution is -0.385. The van der Waals surface area contributed by atoms with Crippen LogP contribution in [0.5, 0.6) is 5.75 Å². The Morgan fingerprint density at radius 2 is 2.11 bits per heavy atom. The smallest absolute Gasteiger partial charge is 0.330 e. The van der Waals surface area contributed by atoms with Gasteiger partial charge in [-0.2, -0.15) is 0 Å². The van der Waals surface area contributed by atoms with Gasteiger partial charge >= 0.3 is 11.7 Å². The van der Waals surface area contributed by atoms with E-state index in [4.69, 9.17) is 9.47 Å². The minimum Gasteiger partial charge on any atom is -0.482 e. The molecule has 6 nitrogen and oxygen atoms in total. The highest BCUT2D eigenvalue weighted by atomic mass is 16.6. The van der Waals surface area contributed by atoms with Crippen molar-refractivity contribution in [2.45, 2.75) is 13.8 Å². The number of hydrogen-bond acceptors (Lipinski definition) is 5. The lowest BCUT2D eigenvalue weighted by Gasteiger charge is -2.06. The zero-order valence-electron chi connectivity index (χ0n) is 10.8. The second kappa shape index (κ2) is 7.15. The average molecular weight is 265 g/mol. The molecule has 0 bridgehead atoms. The summed E-state index contributed by atoms with van der Waals surface area (Å²) in [5, 5.41) is 10.8. The SMILES string of the molecule is CCOC(=O)/C=C(\C)COc1ccccc1[N+](=O)[O-]. The summed E-state index contributed by atoms with van der Waals surface area (Å²) < 4.78 is 10.1. The van der Waals surface area contributed by atoms with E-state index in [0.29, 0.717) is 12.2 Å². The van der Waals surface area contributed by atoms with Gasteiger partial charge in [0.1, 0.15) is 6.61 Å². The third kappa shape index (κ3) is 4.79. The molecule has 0 spiro atoms. The predicted octanol–water partition coefficient (Wildman–Crippen LogP) is 2.48. The van der Waals surface area contributed by atoms with Crippen LogP contribution in [0.2, 0.25) is 0 Å². The van der Waals surface area contributed by atoms with Crippen molar-refractivity contribution >= 4 is 11.7 Å². The molecule has 0 radical (unpaired) electrons. The molecule has 0 aliphatic carbocycles. The minimum atomic E-state index is -0.514. The summed E-state index contributed by atoms with van der Waals surface area (Å²) in [4.78, 5) is 21.4. The van der Waals surface area contributed by atoms with Gasteiger partial charge in [0.15, 0.2) is 5.75 Å². The molecule has 0 aromatic heterocycles. The third-order valence-corrected chi connectivity index (χ3v) is 2.17. The Morgan fingerprint density at radius 1 is 1.42 bits per heavy atom. The molecule has 0 unspecified atom stereocenters.